The van der Waals surface area contributed by atoms with E-state index >= 15 is 0 Å². The van der Waals surface area contributed by atoms with Crippen molar-refractivity contribution >= 4 is 28.6 Å². The topological polar surface area (TPSA) is 59.3 Å². The number of carbonyl (C=O) groups excluding carboxylic acids is 1. The second-order valence-corrected chi connectivity index (χ2v) is 3.80. The number of halogens is 1. The zero-order chi connectivity index (χ0) is 11.4. The van der Waals surface area contributed by atoms with Gasteiger partial charge in [-0.3, -0.25) is 0 Å². The van der Waals surface area contributed by atoms with E-state index in [1.807, 2.05) is 28.7 Å². The van der Waals surface area contributed by atoms with Crippen molar-refractivity contribution in [2.45, 2.75) is 0 Å². The minimum absolute atomic E-state index is 0.318. The summed E-state index contributed by atoms with van der Waals surface area (Å²) in [6.07, 6.45) is 0. The van der Waals surface area contributed by atoms with Crippen LogP contribution in [0.4, 0.5) is 0 Å². The first kappa shape index (κ1) is 11.8. The van der Waals surface area contributed by atoms with Gasteiger partial charge in [0, 0.05) is 3.57 Å². The van der Waals surface area contributed by atoms with Gasteiger partial charge in [-0.15, -0.1) is 0 Å². The minimum Gasteiger partial charge on any atom is -0.495 e. The van der Waals surface area contributed by atoms with E-state index in [1.54, 1.807) is 6.07 Å². The Kier molecular flexibility index (Phi) is 3.91. The van der Waals surface area contributed by atoms with Crippen molar-refractivity contribution < 1.29 is 14.3 Å². The van der Waals surface area contributed by atoms with Crippen LogP contribution in [0.25, 0.3) is 0 Å². The van der Waals surface area contributed by atoms with E-state index < -0.39 is 5.97 Å². The Balaban J connectivity index is 3.33. The molecule has 4 nitrogen and oxygen atoms in total. The summed E-state index contributed by atoms with van der Waals surface area (Å²) in [4.78, 5) is 11.3. The molecule has 0 atom stereocenters. The summed E-state index contributed by atoms with van der Waals surface area (Å²) in [5.41, 5.74) is 0.689. The molecule has 5 heteroatoms. The van der Waals surface area contributed by atoms with E-state index in [2.05, 4.69) is 4.74 Å². The Labute approximate surface area is 101 Å². The molecule has 0 aliphatic rings. The van der Waals surface area contributed by atoms with E-state index in [1.165, 1.54) is 20.3 Å². The van der Waals surface area contributed by atoms with Crippen molar-refractivity contribution in [3.05, 3.63) is 26.8 Å². The van der Waals surface area contributed by atoms with Gasteiger partial charge in [-0.2, -0.15) is 5.26 Å². The third-order valence-electron chi connectivity index (χ3n) is 1.81. The van der Waals surface area contributed by atoms with Crippen LogP contribution in [0, 0.1) is 14.9 Å². The molecule has 0 spiro atoms. The summed E-state index contributed by atoms with van der Waals surface area (Å²) in [5, 5.41) is 8.83. The Bertz CT molecular complexity index is 437. The zero-order valence-electron chi connectivity index (χ0n) is 8.20. The number of esters is 1. The predicted molar refractivity (Wildman–Crippen MR) is 61.8 cm³/mol. The number of ether oxygens (including phenoxy) is 2. The van der Waals surface area contributed by atoms with Crippen LogP contribution in [0.3, 0.4) is 0 Å². The average Bonchev–Trinajstić information content (AvgIpc) is 2.27. The summed E-state index contributed by atoms with van der Waals surface area (Å²) in [7, 11) is 2.78. The highest BCUT2D eigenvalue weighted by Gasteiger charge is 2.14. The van der Waals surface area contributed by atoms with Crippen LogP contribution in [-0.4, -0.2) is 20.2 Å². The number of rotatable bonds is 2. The van der Waals surface area contributed by atoms with Crippen molar-refractivity contribution in [3.8, 4) is 11.8 Å². The van der Waals surface area contributed by atoms with Crippen LogP contribution in [0.15, 0.2) is 12.1 Å². The molecule has 78 valence electrons. The van der Waals surface area contributed by atoms with E-state index in [4.69, 9.17) is 10.00 Å². The molecule has 1 aromatic carbocycles. The molecule has 1 rings (SSSR count). The number of methoxy groups -OCH3 is 2. The molecular weight excluding hydrogens is 309 g/mol. The number of carbonyl (C=O) groups is 1. The molecule has 0 unspecified atom stereocenters. The summed E-state index contributed by atoms with van der Waals surface area (Å²) >= 11 is 1.99. The standard InChI is InChI=1S/C10H8INO3/c1-14-9-4-8(11)7(10(13)15-2)3-6(9)5-12/h3-4H,1-2H3. The zero-order valence-corrected chi connectivity index (χ0v) is 10.4. The lowest BCUT2D eigenvalue weighted by molar-refractivity contribution is 0.0599. The molecule has 0 bridgehead atoms. The van der Waals surface area contributed by atoms with Gasteiger partial charge in [-0.05, 0) is 34.7 Å². The van der Waals surface area contributed by atoms with Gasteiger partial charge in [0.2, 0.25) is 0 Å². The van der Waals surface area contributed by atoms with Gasteiger partial charge in [0.25, 0.3) is 0 Å². The highest BCUT2D eigenvalue weighted by atomic mass is 127. The molecule has 0 fully saturated rings. The van der Waals surface area contributed by atoms with Crippen LogP contribution >= 0.6 is 22.6 Å². The fourth-order valence-electron chi connectivity index (χ4n) is 1.08. The molecular formula is C10H8INO3. The molecule has 15 heavy (non-hydrogen) atoms. The Morgan fingerprint density at radius 3 is 2.60 bits per heavy atom. The number of benzene rings is 1. The Morgan fingerprint density at radius 1 is 1.47 bits per heavy atom. The van der Waals surface area contributed by atoms with Crippen LogP contribution in [-0.2, 0) is 4.74 Å². The fraction of sp³-hybridized carbons (Fsp3) is 0.200. The molecule has 1 aromatic rings. The molecule has 0 N–H and O–H groups in total. The van der Waals surface area contributed by atoms with Crippen molar-refractivity contribution in [2.75, 3.05) is 14.2 Å². The predicted octanol–water partition coefficient (Wildman–Crippen LogP) is 1.96. The summed E-state index contributed by atoms with van der Waals surface area (Å²) in [6.45, 7) is 0. The fourth-order valence-corrected chi connectivity index (χ4v) is 1.74. The number of nitrogens with zero attached hydrogens (tertiary/aromatic N) is 1. The SMILES string of the molecule is COC(=O)c1cc(C#N)c(OC)cc1I. The first-order chi connectivity index (χ1) is 7.13. The van der Waals surface area contributed by atoms with Gasteiger partial charge >= 0.3 is 5.97 Å². The largest absolute Gasteiger partial charge is 0.495 e. The maximum absolute atomic E-state index is 11.3. The smallest absolute Gasteiger partial charge is 0.338 e. The van der Waals surface area contributed by atoms with Gasteiger partial charge in [0.05, 0.1) is 25.3 Å². The molecule has 0 saturated heterocycles. The lowest BCUT2D eigenvalue weighted by Crippen LogP contribution is -2.05. The third kappa shape index (κ3) is 2.39. The molecule has 0 aliphatic heterocycles. The van der Waals surface area contributed by atoms with Crippen molar-refractivity contribution in [1.29, 1.82) is 5.26 Å². The second-order valence-electron chi connectivity index (χ2n) is 2.64. The lowest BCUT2D eigenvalue weighted by atomic mass is 10.1. The molecule has 0 amide bonds. The monoisotopic (exact) mass is 317 g/mol. The van der Waals surface area contributed by atoms with Gasteiger partial charge in [-0.25, -0.2) is 4.79 Å². The van der Waals surface area contributed by atoms with Gasteiger partial charge < -0.3 is 9.47 Å². The molecule has 0 aromatic heterocycles. The number of hydrogen-bond donors (Lipinski definition) is 0. The van der Waals surface area contributed by atoms with Gasteiger partial charge in [0.15, 0.2) is 0 Å². The molecule has 0 aliphatic carbocycles. The van der Waals surface area contributed by atoms with Crippen LogP contribution < -0.4 is 4.74 Å². The molecule has 0 saturated carbocycles. The van der Waals surface area contributed by atoms with Crippen molar-refractivity contribution in [2.24, 2.45) is 0 Å². The summed E-state index contributed by atoms with van der Waals surface area (Å²) in [5.74, 6) is -0.00638. The first-order valence-electron chi connectivity index (χ1n) is 4.00. The Morgan fingerprint density at radius 2 is 2.13 bits per heavy atom. The van der Waals surface area contributed by atoms with Crippen LogP contribution in [0.5, 0.6) is 5.75 Å². The number of hydrogen-bond acceptors (Lipinski definition) is 4. The van der Waals surface area contributed by atoms with Crippen molar-refractivity contribution in [3.63, 3.8) is 0 Å². The van der Waals surface area contributed by atoms with Crippen LogP contribution in [0.1, 0.15) is 15.9 Å². The quantitative estimate of drug-likeness (QED) is 0.618. The maximum atomic E-state index is 11.3. The highest BCUT2D eigenvalue weighted by molar-refractivity contribution is 14.1. The molecule has 0 radical (unpaired) electrons. The van der Waals surface area contributed by atoms with Crippen molar-refractivity contribution in [1.82, 2.24) is 0 Å². The normalized spacial score (nSPS) is 9.20. The summed E-state index contributed by atoms with van der Waals surface area (Å²) < 4.78 is 10.3. The average molecular weight is 317 g/mol. The molecule has 0 heterocycles. The second kappa shape index (κ2) is 4.98. The summed E-state index contributed by atoms with van der Waals surface area (Å²) in [6, 6.07) is 5.05. The first-order valence-corrected chi connectivity index (χ1v) is 5.07. The third-order valence-corrected chi connectivity index (χ3v) is 2.71. The maximum Gasteiger partial charge on any atom is 0.338 e. The minimum atomic E-state index is -0.460. The van der Waals surface area contributed by atoms with E-state index in [0.717, 1.165) is 0 Å². The van der Waals surface area contributed by atoms with Gasteiger partial charge in [0.1, 0.15) is 11.8 Å². The lowest BCUT2D eigenvalue weighted by Gasteiger charge is -2.07. The Hall–Kier alpha value is -1.29. The number of nitriles is 1. The van der Waals surface area contributed by atoms with E-state index in [9.17, 15) is 4.79 Å². The van der Waals surface area contributed by atoms with Gasteiger partial charge in [-0.1, -0.05) is 0 Å². The van der Waals surface area contributed by atoms with E-state index in [-0.39, 0.29) is 0 Å². The van der Waals surface area contributed by atoms with E-state index in [0.29, 0.717) is 20.4 Å². The highest BCUT2D eigenvalue weighted by Crippen LogP contribution is 2.24. The van der Waals surface area contributed by atoms with Crippen LogP contribution in [0.2, 0.25) is 0 Å².